The third-order valence-electron chi connectivity index (χ3n) is 3.79. The molecule has 3 heteroatoms. The second kappa shape index (κ2) is 7.57. The van der Waals surface area contributed by atoms with Crippen molar-refractivity contribution in [3.63, 3.8) is 0 Å². The van der Waals surface area contributed by atoms with E-state index in [1.165, 1.54) is 12.8 Å². The zero-order chi connectivity index (χ0) is 12.7. The van der Waals surface area contributed by atoms with Crippen molar-refractivity contribution in [1.82, 2.24) is 10.2 Å². The Kier molecular flexibility index (Phi) is 6.38. The number of carbonyl (C=O) groups is 1. The molecule has 0 aromatic rings. The molecule has 1 saturated carbocycles. The lowest BCUT2D eigenvalue weighted by Gasteiger charge is -2.30. The van der Waals surface area contributed by atoms with Crippen LogP contribution in [0, 0.1) is 5.92 Å². The van der Waals surface area contributed by atoms with Gasteiger partial charge < -0.3 is 10.2 Å². The molecule has 1 rings (SSSR count). The second-order valence-corrected chi connectivity index (χ2v) is 5.34. The molecule has 1 fully saturated rings. The van der Waals surface area contributed by atoms with E-state index < -0.39 is 0 Å². The topological polar surface area (TPSA) is 32.3 Å². The first-order chi connectivity index (χ1) is 8.17. The first-order valence-electron chi connectivity index (χ1n) is 7.22. The van der Waals surface area contributed by atoms with Crippen LogP contribution in [-0.2, 0) is 0 Å². The normalized spacial score (nSPS) is 24.4. The van der Waals surface area contributed by atoms with Gasteiger partial charge in [-0.15, -0.1) is 0 Å². The Bertz CT molecular complexity index is 222. The fourth-order valence-corrected chi connectivity index (χ4v) is 2.42. The van der Waals surface area contributed by atoms with Crippen LogP contribution in [0.25, 0.3) is 0 Å². The molecular weight excluding hydrogens is 212 g/mol. The first-order valence-corrected chi connectivity index (χ1v) is 7.22. The van der Waals surface area contributed by atoms with E-state index in [9.17, 15) is 4.79 Å². The van der Waals surface area contributed by atoms with Gasteiger partial charge in [0.05, 0.1) is 0 Å². The first kappa shape index (κ1) is 14.3. The summed E-state index contributed by atoms with van der Waals surface area (Å²) in [5, 5.41) is 3.19. The van der Waals surface area contributed by atoms with Gasteiger partial charge in [-0.2, -0.15) is 0 Å². The van der Waals surface area contributed by atoms with Crippen molar-refractivity contribution in [2.24, 2.45) is 5.92 Å². The molecule has 17 heavy (non-hydrogen) atoms. The van der Waals surface area contributed by atoms with E-state index in [-0.39, 0.29) is 6.03 Å². The summed E-state index contributed by atoms with van der Waals surface area (Å²) >= 11 is 0. The average Bonchev–Trinajstić information content (AvgIpc) is 2.33. The predicted octanol–water partition coefficient (Wildman–Crippen LogP) is 3.40. The van der Waals surface area contributed by atoms with Gasteiger partial charge in [0.25, 0.3) is 0 Å². The van der Waals surface area contributed by atoms with Crippen molar-refractivity contribution in [3.8, 4) is 0 Å². The molecule has 2 amide bonds. The molecule has 0 heterocycles. The maximum Gasteiger partial charge on any atom is 0.317 e. The molecular formula is C14H28N2O. The van der Waals surface area contributed by atoms with Crippen LogP contribution in [0.1, 0.15) is 59.3 Å². The second-order valence-electron chi connectivity index (χ2n) is 5.34. The van der Waals surface area contributed by atoms with Gasteiger partial charge in [0.2, 0.25) is 0 Å². The third kappa shape index (κ3) is 4.97. The Morgan fingerprint density at radius 3 is 2.41 bits per heavy atom. The summed E-state index contributed by atoms with van der Waals surface area (Å²) in [6.45, 7) is 8.22. The fourth-order valence-electron chi connectivity index (χ4n) is 2.42. The Morgan fingerprint density at radius 2 is 1.88 bits per heavy atom. The lowest BCUT2D eigenvalue weighted by molar-refractivity contribution is 0.189. The standard InChI is InChI=1S/C14H28N2O/c1-4-6-11-16(5-2)14(17)15-13-9-7-12(3)8-10-13/h12-13H,4-11H2,1-3H3,(H,15,17). The van der Waals surface area contributed by atoms with Crippen LogP contribution in [0.3, 0.4) is 0 Å². The minimum atomic E-state index is 0.139. The van der Waals surface area contributed by atoms with Crippen LogP contribution >= 0.6 is 0 Å². The Hall–Kier alpha value is -0.730. The number of carbonyl (C=O) groups excluding carboxylic acids is 1. The van der Waals surface area contributed by atoms with Crippen LogP contribution in [-0.4, -0.2) is 30.1 Å². The van der Waals surface area contributed by atoms with Crippen LogP contribution in [0.4, 0.5) is 4.79 Å². The van der Waals surface area contributed by atoms with E-state index in [1.807, 2.05) is 4.90 Å². The van der Waals surface area contributed by atoms with Gasteiger partial charge in [-0.25, -0.2) is 4.79 Å². The Morgan fingerprint density at radius 1 is 1.24 bits per heavy atom. The van der Waals surface area contributed by atoms with E-state index in [0.29, 0.717) is 6.04 Å². The van der Waals surface area contributed by atoms with Gasteiger partial charge in [0.15, 0.2) is 0 Å². The number of hydrogen-bond acceptors (Lipinski definition) is 1. The zero-order valence-electron chi connectivity index (χ0n) is 11.7. The number of rotatable bonds is 5. The van der Waals surface area contributed by atoms with Gasteiger partial charge >= 0.3 is 6.03 Å². The third-order valence-corrected chi connectivity index (χ3v) is 3.79. The molecule has 1 aliphatic rings. The number of nitrogens with one attached hydrogen (secondary N) is 1. The van der Waals surface area contributed by atoms with Crippen molar-refractivity contribution < 1.29 is 4.79 Å². The number of amides is 2. The number of hydrogen-bond donors (Lipinski definition) is 1. The summed E-state index contributed by atoms with van der Waals surface area (Å²) in [6.07, 6.45) is 7.06. The maximum absolute atomic E-state index is 12.0. The Labute approximate surface area is 106 Å². The molecule has 0 bridgehead atoms. The molecule has 0 aromatic carbocycles. The molecule has 0 atom stereocenters. The van der Waals surface area contributed by atoms with E-state index in [0.717, 1.165) is 44.7 Å². The van der Waals surface area contributed by atoms with Gasteiger partial charge in [0, 0.05) is 19.1 Å². The smallest absolute Gasteiger partial charge is 0.317 e. The number of urea groups is 1. The summed E-state index contributed by atoms with van der Waals surface area (Å²) in [5.74, 6) is 0.838. The van der Waals surface area contributed by atoms with Crippen LogP contribution < -0.4 is 5.32 Å². The monoisotopic (exact) mass is 240 g/mol. The van der Waals surface area contributed by atoms with Crippen molar-refractivity contribution in [2.45, 2.75) is 65.3 Å². The average molecular weight is 240 g/mol. The largest absolute Gasteiger partial charge is 0.335 e. The molecule has 0 saturated heterocycles. The summed E-state index contributed by atoms with van der Waals surface area (Å²) < 4.78 is 0. The summed E-state index contributed by atoms with van der Waals surface area (Å²) in [4.78, 5) is 14.0. The molecule has 0 spiro atoms. The van der Waals surface area contributed by atoms with E-state index in [1.54, 1.807) is 0 Å². The highest BCUT2D eigenvalue weighted by molar-refractivity contribution is 5.74. The summed E-state index contributed by atoms with van der Waals surface area (Å²) in [7, 11) is 0. The van der Waals surface area contributed by atoms with Crippen molar-refractivity contribution in [2.75, 3.05) is 13.1 Å². The molecule has 1 N–H and O–H groups in total. The fraction of sp³-hybridized carbons (Fsp3) is 0.929. The quantitative estimate of drug-likeness (QED) is 0.785. The highest BCUT2D eigenvalue weighted by Crippen LogP contribution is 2.23. The van der Waals surface area contributed by atoms with Gasteiger partial charge in [-0.3, -0.25) is 0 Å². The molecule has 0 aromatic heterocycles. The van der Waals surface area contributed by atoms with Gasteiger partial charge in [0.1, 0.15) is 0 Å². The minimum Gasteiger partial charge on any atom is -0.335 e. The molecule has 3 nitrogen and oxygen atoms in total. The Balaban J connectivity index is 2.31. The zero-order valence-corrected chi connectivity index (χ0v) is 11.7. The molecule has 1 aliphatic carbocycles. The molecule has 100 valence electrons. The van der Waals surface area contributed by atoms with E-state index in [4.69, 9.17) is 0 Å². The lowest BCUT2D eigenvalue weighted by Crippen LogP contribution is -2.46. The number of unbranched alkanes of at least 4 members (excludes halogenated alkanes) is 1. The highest BCUT2D eigenvalue weighted by Gasteiger charge is 2.21. The minimum absolute atomic E-state index is 0.139. The molecule has 0 unspecified atom stereocenters. The van der Waals surface area contributed by atoms with Gasteiger partial charge in [-0.1, -0.05) is 20.3 Å². The van der Waals surface area contributed by atoms with E-state index >= 15 is 0 Å². The van der Waals surface area contributed by atoms with Crippen molar-refractivity contribution in [3.05, 3.63) is 0 Å². The van der Waals surface area contributed by atoms with Crippen LogP contribution in [0.15, 0.2) is 0 Å². The predicted molar refractivity (Wildman–Crippen MR) is 72.1 cm³/mol. The van der Waals surface area contributed by atoms with Crippen LogP contribution in [0.5, 0.6) is 0 Å². The van der Waals surface area contributed by atoms with Crippen molar-refractivity contribution in [1.29, 1.82) is 0 Å². The molecule has 0 radical (unpaired) electrons. The summed E-state index contributed by atoms with van der Waals surface area (Å²) in [6, 6.07) is 0.551. The van der Waals surface area contributed by atoms with Gasteiger partial charge in [-0.05, 0) is 44.9 Å². The molecule has 0 aliphatic heterocycles. The SMILES string of the molecule is CCCCN(CC)C(=O)NC1CCC(C)CC1. The lowest BCUT2D eigenvalue weighted by atomic mass is 9.87. The maximum atomic E-state index is 12.0. The number of nitrogens with zero attached hydrogens (tertiary/aromatic N) is 1. The van der Waals surface area contributed by atoms with Crippen LogP contribution in [0.2, 0.25) is 0 Å². The highest BCUT2D eigenvalue weighted by atomic mass is 16.2. The summed E-state index contributed by atoms with van der Waals surface area (Å²) in [5.41, 5.74) is 0. The van der Waals surface area contributed by atoms with Crippen molar-refractivity contribution >= 4 is 6.03 Å². The van der Waals surface area contributed by atoms with E-state index in [2.05, 4.69) is 26.1 Å².